The maximum absolute atomic E-state index is 11.9. The summed E-state index contributed by atoms with van der Waals surface area (Å²) in [7, 11) is 1.76. The van der Waals surface area contributed by atoms with Crippen LogP contribution in [0.2, 0.25) is 5.15 Å². The lowest BCUT2D eigenvalue weighted by atomic mass is 10.4. The molecule has 0 atom stereocenters. The quantitative estimate of drug-likeness (QED) is 0.317. The molecule has 0 saturated heterocycles. The number of thioether (sulfide) groups is 1. The van der Waals surface area contributed by atoms with E-state index in [1.807, 2.05) is 22.9 Å². The van der Waals surface area contributed by atoms with Crippen molar-refractivity contribution < 1.29 is 4.79 Å². The van der Waals surface area contributed by atoms with E-state index in [1.165, 1.54) is 11.8 Å². The number of hydrogen-bond donors (Lipinski definition) is 2. The standard InChI is InChI=1S/C8H10ClIN6OS/c1-16(10)8(18-2)15-7(17)3-5(11)14-6(12)4(9)13-3/h1-2H3,(H4,11,12,14)/b15-8-. The zero-order valence-electron chi connectivity index (χ0n) is 9.52. The van der Waals surface area contributed by atoms with Gasteiger partial charge in [0.05, 0.1) is 22.9 Å². The van der Waals surface area contributed by atoms with Gasteiger partial charge in [0.1, 0.15) is 0 Å². The van der Waals surface area contributed by atoms with Crippen molar-refractivity contribution in [1.82, 2.24) is 13.1 Å². The molecule has 0 saturated carbocycles. The third kappa shape index (κ3) is 3.59. The lowest BCUT2D eigenvalue weighted by molar-refractivity contribution is 0.0998. The molecule has 10 heteroatoms. The first-order valence-corrected chi connectivity index (χ1v) is 7.08. The number of aliphatic imine (C=N–C) groups is 1. The van der Waals surface area contributed by atoms with Gasteiger partial charge in [0.2, 0.25) is 0 Å². The van der Waals surface area contributed by atoms with Gasteiger partial charge in [-0.05, 0) is 6.26 Å². The molecular formula is C8H10ClIN6OS. The van der Waals surface area contributed by atoms with E-state index in [-0.39, 0.29) is 22.5 Å². The van der Waals surface area contributed by atoms with E-state index in [9.17, 15) is 4.79 Å². The number of nitrogens with two attached hydrogens (primary N) is 2. The fourth-order valence-electron chi connectivity index (χ4n) is 0.979. The number of rotatable bonds is 1. The first-order valence-electron chi connectivity index (χ1n) is 4.51. The van der Waals surface area contributed by atoms with Crippen molar-refractivity contribution >= 4 is 68.9 Å². The molecule has 0 radical (unpaired) electrons. The highest BCUT2D eigenvalue weighted by Crippen LogP contribution is 2.19. The van der Waals surface area contributed by atoms with Crippen LogP contribution < -0.4 is 11.5 Å². The van der Waals surface area contributed by atoms with E-state index < -0.39 is 5.91 Å². The second kappa shape index (κ2) is 6.38. The number of nitrogen functional groups attached to an aromatic ring is 2. The molecule has 0 aromatic carbocycles. The number of amidine groups is 1. The molecule has 4 N–H and O–H groups in total. The minimum Gasteiger partial charge on any atom is -0.382 e. The lowest BCUT2D eigenvalue weighted by Gasteiger charge is -2.10. The van der Waals surface area contributed by atoms with Crippen molar-refractivity contribution in [3.63, 3.8) is 0 Å². The lowest BCUT2D eigenvalue weighted by Crippen LogP contribution is -2.16. The fraction of sp³-hybridized carbons (Fsp3) is 0.250. The van der Waals surface area contributed by atoms with Crippen LogP contribution in [0.15, 0.2) is 4.99 Å². The third-order valence-electron chi connectivity index (χ3n) is 1.75. The van der Waals surface area contributed by atoms with Crippen LogP contribution in [0, 0.1) is 0 Å². The summed E-state index contributed by atoms with van der Waals surface area (Å²) in [5, 5.41) is 0.436. The van der Waals surface area contributed by atoms with Gasteiger partial charge in [-0.15, -0.1) is 0 Å². The number of aromatic nitrogens is 2. The summed E-state index contributed by atoms with van der Waals surface area (Å²) in [6.07, 6.45) is 1.80. The van der Waals surface area contributed by atoms with E-state index in [0.29, 0.717) is 5.17 Å². The van der Waals surface area contributed by atoms with Crippen molar-refractivity contribution in [1.29, 1.82) is 0 Å². The zero-order valence-corrected chi connectivity index (χ0v) is 13.2. The predicted octanol–water partition coefficient (Wildman–Crippen LogP) is 1.44. The van der Waals surface area contributed by atoms with E-state index >= 15 is 0 Å². The fourth-order valence-corrected chi connectivity index (χ4v) is 2.23. The number of carbonyl (C=O) groups is 1. The maximum Gasteiger partial charge on any atom is 0.301 e. The highest BCUT2D eigenvalue weighted by Gasteiger charge is 2.16. The highest BCUT2D eigenvalue weighted by atomic mass is 127. The summed E-state index contributed by atoms with van der Waals surface area (Å²) in [4.78, 5) is 23.3. The van der Waals surface area contributed by atoms with Gasteiger partial charge >= 0.3 is 5.91 Å². The number of amides is 1. The van der Waals surface area contributed by atoms with Crippen LogP contribution in [-0.4, -0.2) is 37.5 Å². The summed E-state index contributed by atoms with van der Waals surface area (Å²) in [5.74, 6) is -0.734. The van der Waals surface area contributed by atoms with Gasteiger partial charge in [0, 0.05) is 7.05 Å². The van der Waals surface area contributed by atoms with E-state index in [2.05, 4.69) is 15.0 Å². The Labute approximate surface area is 127 Å². The first-order chi connectivity index (χ1) is 8.36. The minimum absolute atomic E-state index is 0.0224. The molecule has 0 aliphatic carbocycles. The molecular weight excluding hydrogens is 391 g/mol. The Morgan fingerprint density at radius 3 is 2.56 bits per heavy atom. The summed E-state index contributed by atoms with van der Waals surface area (Å²) in [6, 6.07) is 0. The Kier molecular flexibility index (Phi) is 5.41. The summed E-state index contributed by atoms with van der Waals surface area (Å²) in [6.45, 7) is 0. The molecule has 98 valence electrons. The number of nitrogens with zero attached hydrogens (tertiary/aromatic N) is 4. The Balaban J connectivity index is 3.16. The normalized spacial score (nSPS) is 11.4. The second-order valence-electron chi connectivity index (χ2n) is 3.01. The molecule has 1 rings (SSSR count). The van der Waals surface area contributed by atoms with Gasteiger partial charge < -0.3 is 11.5 Å². The Hall–Kier alpha value is -0.810. The summed E-state index contributed by atoms with van der Waals surface area (Å²) < 4.78 is 1.67. The molecule has 0 bridgehead atoms. The van der Waals surface area contributed by atoms with Crippen LogP contribution in [0.5, 0.6) is 0 Å². The molecule has 1 heterocycles. The van der Waals surface area contributed by atoms with Crippen LogP contribution >= 0.6 is 46.2 Å². The highest BCUT2D eigenvalue weighted by molar-refractivity contribution is 14.1. The molecule has 18 heavy (non-hydrogen) atoms. The Morgan fingerprint density at radius 2 is 2.06 bits per heavy atom. The molecule has 0 spiro atoms. The van der Waals surface area contributed by atoms with E-state index in [1.54, 1.807) is 16.4 Å². The van der Waals surface area contributed by atoms with Gasteiger partial charge in [-0.3, -0.25) is 7.91 Å². The van der Waals surface area contributed by atoms with Crippen LogP contribution in [0.3, 0.4) is 0 Å². The van der Waals surface area contributed by atoms with Crippen molar-refractivity contribution in [3.05, 3.63) is 10.8 Å². The van der Waals surface area contributed by atoms with Crippen LogP contribution in [0.1, 0.15) is 10.5 Å². The van der Waals surface area contributed by atoms with Gasteiger partial charge in [-0.2, -0.15) is 4.99 Å². The van der Waals surface area contributed by atoms with Crippen molar-refractivity contribution in [2.75, 3.05) is 24.8 Å². The van der Waals surface area contributed by atoms with Gasteiger partial charge in [0.15, 0.2) is 27.7 Å². The molecule has 0 fully saturated rings. The summed E-state index contributed by atoms with van der Waals surface area (Å²) >= 11 is 9.00. The number of halogens is 2. The molecule has 7 nitrogen and oxygen atoms in total. The smallest absolute Gasteiger partial charge is 0.301 e. The molecule has 0 unspecified atom stereocenters. The Morgan fingerprint density at radius 1 is 1.44 bits per heavy atom. The average Bonchev–Trinajstić information content (AvgIpc) is 2.29. The minimum atomic E-state index is -0.616. The number of carbonyl (C=O) groups excluding carboxylic acids is 1. The largest absolute Gasteiger partial charge is 0.382 e. The first kappa shape index (κ1) is 15.2. The molecule has 0 aliphatic rings. The van der Waals surface area contributed by atoms with Crippen molar-refractivity contribution in [2.45, 2.75) is 0 Å². The predicted molar refractivity (Wildman–Crippen MR) is 82.9 cm³/mol. The van der Waals surface area contributed by atoms with E-state index in [4.69, 9.17) is 23.1 Å². The number of anilines is 2. The third-order valence-corrected chi connectivity index (χ3v) is 3.54. The maximum atomic E-state index is 11.9. The molecule has 1 aromatic rings. The molecule has 1 aromatic heterocycles. The zero-order chi connectivity index (χ0) is 13.9. The van der Waals surface area contributed by atoms with E-state index in [0.717, 1.165) is 0 Å². The van der Waals surface area contributed by atoms with Crippen molar-refractivity contribution in [2.24, 2.45) is 4.99 Å². The van der Waals surface area contributed by atoms with Gasteiger partial charge in [0.25, 0.3) is 0 Å². The summed E-state index contributed by atoms with van der Waals surface area (Å²) in [5.41, 5.74) is 10.9. The monoisotopic (exact) mass is 400 g/mol. The van der Waals surface area contributed by atoms with Crippen molar-refractivity contribution in [3.8, 4) is 0 Å². The average molecular weight is 401 g/mol. The second-order valence-corrected chi connectivity index (χ2v) is 5.59. The van der Waals surface area contributed by atoms with Gasteiger partial charge in [-0.1, -0.05) is 23.4 Å². The molecule has 1 amide bonds. The van der Waals surface area contributed by atoms with Gasteiger partial charge in [-0.25, -0.2) is 9.97 Å². The Bertz CT molecular complexity index is 509. The molecule has 0 aliphatic heterocycles. The topological polar surface area (TPSA) is 110 Å². The number of hydrogen-bond acceptors (Lipinski definition) is 6. The van der Waals surface area contributed by atoms with Crippen LogP contribution in [0.4, 0.5) is 11.6 Å². The SMILES string of the molecule is CS/C(=N\C(=O)c1nc(Cl)c(N)nc1N)N(C)I. The van der Waals surface area contributed by atoms with Crippen LogP contribution in [-0.2, 0) is 0 Å². The van der Waals surface area contributed by atoms with Crippen LogP contribution in [0.25, 0.3) is 0 Å².